The molecule has 0 aliphatic heterocycles. The lowest BCUT2D eigenvalue weighted by atomic mass is 9.67. The number of pyridine rings is 1. The van der Waals surface area contributed by atoms with Crippen molar-refractivity contribution >= 4 is 23.5 Å². The molecule has 2 atom stereocenters. The van der Waals surface area contributed by atoms with Crippen molar-refractivity contribution in [3.63, 3.8) is 0 Å². The molecule has 3 aromatic heterocycles. The SMILES string of the molecule is CO[C@]1(C(C)N)C[C@@H](C(=O)Nc2cnc(-c3nnn(C)c3NC(=O)O[C@H](C)c3cc(F)cnc3F)nc2)C1. The molecule has 0 saturated heterocycles. The van der Waals surface area contributed by atoms with Gasteiger partial charge in [-0.25, -0.2) is 28.8 Å². The Morgan fingerprint density at radius 3 is 2.47 bits per heavy atom. The number of carbonyl (C=O) groups excluding carboxylic acids is 2. The number of aryl methyl sites for hydroxylation is 1. The molecule has 2 amide bonds. The first kappa shape index (κ1) is 26.9. The van der Waals surface area contributed by atoms with E-state index in [1.54, 1.807) is 7.11 Å². The number of hydrogen-bond donors (Lipinski definition) is 3. The van der Waals surface area contributed by atoms with Gasteiger partial charge in [-0.3, -0.25) is 10.1 Å². The third-order valence-electron chi connectivity index (χ3n) is 6.52. The van der Waals surface area contributed by atoms with Gasteiger partial charge in [0.25, 0.3) is 0 Å². The molecule has 202 valence electrons. The van der Waals surface area contributed by atoms with Crippen molar-refractivity contribution in [3.05, 3.63) is 42.0 Å². The second kappa shape index (κ2) is 10.7. The molecule has 1 fully saturated rings. The number of rotatable bonds is 8. The fourth-order valence-electron chi connectivity index (χ4n) is 4.16. The van der Waals surface area contributed by atoms with Gasteiger partial charge in [-0.05, 0) is 32.8 Å². The monoisotopic (exact) mass is 531 g/mol. The summed E-state index contributed by atoms with van der Waals surface area (Å²) >= 11 is 0. The maximum Gasteiger partial charge on any atom is 0.413 e. The average molecular weight is 532 g/mol. The largest absolute Gasteiger partial charge is 0.441 e. The Kier molecular flexibility index (Phi) is 7.59. The Labute approximate surface area is 216 Å². The van der Waals surface area contributed by atoms with E-state index < -0.39 is 29.6 Å². The number of carbonyl (C=O) groups is 2. The van der Waals surface area contributed by atoms with Gasteiger partial charge in [0, 0.05) is 26.1 Å². The van der Waals surface area contributed by atoms with E-state index in [9.17, 15) is 18.4 Å². The third kappa shape index (κ3) is 5.43. The number of methoxy groups -OCH3 is 1. The standard InChI is InChI=1S/C23H27F2N9O4/c1-11(16-5-14(24)8-27-18(16)25)38-22(36)31-20-17(32-33-34(20)3)19-28-9-15(10-29-19)30-21(35)13-6-23(7-13,37-4)12(2)26/h5,8-13H,6-7,26H2,1-4H3,(H,30,35)(H,31,36)/t11-,12?,13-,23-/m1/s1. The smallest absolute Gasteiger partial charge is 0.413 e. The van der Waals surface area contributed by atoms with Crippen molar-refractivity contribution < 1.29 is 27.8 Å². The molecular formula is C23H27F2N9O4. The van der Waals surface area contributed by atoms with Gasteiger partial charge in [-0.1, -0.05) is 5.21 Å². The molecule has 13 nitrogen and oxygen atoms in total. The normalized spacial score (nSPS) is 20.2. The number of hydrogen-bond acceptors (Lipinski definition) is 10. The van der Waals surface area contributed by atoms with Gasteiger partial charge in [-0.2, -0.15) is 4.39 Å². The topological polar surface area (TPSA) is 172 Å². The molecular weight excluding hydrogens is 504 g/mol. The van der Waals surface area contributed by atoms with E-state index in [1.807, 2.05) is 6.92 Å². The Bertz CT molecular complexity index is 1330. The van der Waals surface area contributed by atoms with Crippen LogP contribution in [0.1, 0.15) is 38.4 Å². The number of nitrogens with two attached hydrogens (primary N) is 1. The van der Waals surface area contributed by atoms with E-state index in [1.165, 1.54) is 31.0 Å². The number of nitrogens with one attached hydrogen (secondary N) is 2. The second-order valence-electron chi connectivity index (χ2n) is 9.06. The Morgan fingerprint density at radius 2 is 1.84 bits per heavy atom. The van der Waals surface area contributed by atoms with Gasteiger partial charge in [0.2, 0.25) is 11.9 Å². The van der Waals surface area contributed by atoms with Crippen molar-refractivity contribution in [2.45, 2.75) is 44.4 Å². The molecule has 1 saturated carbocycles. The fraction of sp³-hybridized carbons (Fsp3) is 0.435. The van der Waals surface area contributed by atoms with Crippen LogP contribution in [0.5, 0.6) is 0 Å². The summed E-state index contributed by atoms with van der Waals surface area (Å²) in [5.74, 6) is -1.97. The van der Waals surface area contributed by atoms with E-state index in [0.717, 1.165) is 12.3 Å². The molecule has 0 radical (unpaired) electrons. The lowest BCUT2D eigenvalue weighted by Crippen LogP contribution is -2.59. The molecule has 3 heterocycles. The van der Waals surface area contributed by atoms with Crippen molar-refractivity contribution in [2.75, 3.05) is 17.7 Å². The first-order valence-electron chi connectivity index (χ1n) is 11.6. The molecule has 0 aromatic carbocycles. The second-order valence-corrected chi connectivity index (χ2v) is 9.06. The molecule has 0 spiro atoms. The van der Waals surface area contributed by atoms with Gasteiger partial charge >= 0.3 is 6.09 Å². The van der Waals surface area contributed by atoms with E-state index in [0.29, 0.717) is 18.5 Å². The average Bonchev–Trinajstić information content (AvgIpc) is 3.20. The maximum atomic E-state index is 13.9. The predicted molar refractivity (Wildman–Crippen MR) is 129 cm³/mol. The van der Waals surface area contributed by atoms with Crippen LogP contribution in [0.25, 0.3) is 11.5 Å². The maximum absolute atomic E-state index is 13.9. The van der Waals surface area contributed by atoms with Crippen LogP contribution in [0, 0.1) is 17.7 Å². The number of aromatic nitrogens is 6. The molecule has 1 aliphatic rings. The highest BCUT2D eigenvalue weighted by Crippen LogP contribution is 2.43. The number of amides is 2. The van der Waals surface area contributed by atoms with Gasteiger partial charge < -0.3 is 20.5 Å². The van der Waals surface area contributed by atoms with Crippen LogP contribution in [0.4, 0.5) is 25.1 Å². The summed E-state index contributed by atoms with van der Waals surface area (Å²) in [5.41, 5.74) is 5.74. The van der Waals surface area contributed by atoms with Crippen LogP contribution < -0.4 is 16.4 Å². The summed E-state index contributed by atoms with van der Waals surface area (Å²) in [6, 6.07) is 0.692. The first-order valence-corrected chi connectivity index (χ1v) is 11.6. The molecule has 4 N–H and O–H groups in total. The zero-order chi connectivity index (χ0) is 27.6. The highest BCUT2D eigenvalue weighted by atomic mass is 19.1. The van der Waals surface area contributed by atoms with Crippen LogP contribution in [0.15, 0.2) is 24.7 Å². The van der Waals surface area contributed by atoms with E-state index in [4.69, 9.17) is 15.2 Å². The highest BCUT2D eigenvalue weighted by molar-refractivity contribution is 5.93. The Morgan fingerprint density at radius 1 is 1.16 bits per heavy atom. The van der Waals surface area contributed by atoms with E-state index >= 15 is 0 Å². The molecule has 4 rings (SSSR count). The number of ether oxygens (including phenoxy) is 2. The minimum Gasteiger partial charge on any atom is -0.441 e. The summed E-state index contributed by atoms with van der Waals surface area (Å²) in [6.07, 6.45) is 2.42. The molecule has 0 bridgehead atoms. The van der Waals surface area contributed by atoms with Crippen LogP contribution in [-0.4, -0.2) is 60.7 Å². The van der Waals surface area contributed by atoms with Crippen molar-refractivity contribution in [1.82, 2.24) is 29.9 Å². The van der Waals surface area contributed by atoms with Crippen LogP contribution in [0.2, 0.25) is 0 Å². The summed E-state index contributed by atoms with van der Waals surface area (Å²) in [4.78, 5) is 36.8. The lowest BCUT2D eigenvalue weighted by molar-refractivity contribution is -0.146. The third-order valence-corrected chi connectivity index (χ3v) is 6.52. The minimum atomic E-state index is -1.14. The summed E-state index contributed by atoms with van der Waals surface area (Å²) in [5, 5.41) is 13.1. The number of nitrogens with zero attached hydrogens (tertiary/aromatic N) is 6. The molecule has 1 unspecified atom stereocenters. The molecule has 3 aromatic rings. The summed E-state index contributed by atoms with van der Waals surface area (Å²) in [7, 11) is 3.10. The predicted octanol–water partition coefficient (Wildman–Crippen LogP) is 2.34. The van der Waals surface area contributed by atoms with Crippen molar-refractivity contribution in [3.8, 4) is 11.5 Å². The van der Waals surface area contributed by atoms with E-state index in [2.05, 4.69) is 35.9 Å². The number of halogens is 2. The quantitative estimate of drug-likeness (QED) is 0.366. The van der Waals surface area contributed by atoms with Gasteiger partial charge in [-0.15, -0.1) is 5.10 Å². The lowest BCUT2D eigenvalue weighted by Gasteiger charge is -2.48. The number of anilines is 2. The fourth-order valence-corrected chi connectivity index (χ4v) is 4.16. The van der Waals surface area contributed by atoms with Crippen molar-refractivity contribution in [1.29, 1.82) is 0 Å². The molecule has 1 aliphatic carbocycles. The highest BCUT2D eigenvalue weighted by Gasteiger charge is 2.50. The van der Waals surface area contributed by atoms with E-state index in [-0.39, 0.29) is 40.8 Å². The Balaban J connectivity index is 1.40. The van der Waals surface area contributed by atoms with Crippen molar-refractivity contribution in [2.24, 2.45) is 18.7 Å². The summed E-state index contributed by atoms with van der Waals surface area (Å²) < 4.78 is 39.2. The van der Waals surface area contributed by atoms with Crippen LogP contribution >= 0.6 is 0 Å². The zero-order valence-corrected chi connectivity index (χ0v) is 21.1. The first-order chi connectivity index (χ1) is 18.0. The van der Waals surface area contributed by atoms with Gasteiger partial charge in [0.15, 0.2) is 17.3 Å². The molecule has 15 heteroatoms. The minimum absolute atomic E-state index is 0.0955. The zero-order valence-electron chi connectivity index (χ0n) is 21.1. The van der Waals surface area contributed by atoms with Gasteiger partial charge in [0.1, 0.15) is 11.9 Å². The Hall–Kier alpha value is -4.11. The van der Waals surface area contributed by atoms with Gasteiger partial charge in [0.05, 0.1) is 35.4 Å². The summed E-state index contributed by atoms with van der Waals surface area (Å²) in [6.45, 7) is 3.22. The molecule has 38 heavy (non-hydrogen) atoms. The van der Waals surface area contributed by atoms with Crippen LogP contribution in [-0.2, 0) is 21.3 Å². The van der Waals surface area contributed by atoms with Crippen LogP contribution in [0.3, 0.4) is 0 Å².